The molecule has 1 aliphatic heterocycles. The van der Waals surface area contributed by atoms with Gasteiger partial charge in [-0.05, 0) is 55.7 Å². The van der Waals surface area contributed by atoms with Gasteiger partial charge in [0.15, 0.2) is 0 Å². The van der Waals surface area contributed by atoms with Crippen molar-refractivity contribution in [3.8, 4) is 0 Å². The molecule has 0 spiro atoms. The van der Waals surface area contributed by atoms with Crippen LogP contribution in [0.1, 0.15) is 46.5 Å². The predicted octanol–water partition coefficient (Wildman–Crippen LogP) is 3.28. The lowest BCUT2D eigenvalue weighted by Gasteiger charge is -2.10. The van der Waals surface area contributed by atoms with Crippen molar-refractivity contribution in [3.63, 3.8) is 0 Å². The summed E-state index contributed by atoms with van der Waals surface area (Å²) in [4.78, 5) is 24.7. The van der Waals surface area contributed by atoms with E-state index in [1.165, 1.54) is 5.56 Å². The van der Waals surface area contributed by atoms with Gasteiger partial charge in [0.1, 0.15) is 11.3 Å². The lowest BCUT2D eigenvalue weighted by atomic mass is 10.0. The van der Waals surface area contributed by atoms with Crippen molar-refractivity contribution in [2.24, 2.45) is 5.92 Å². The summed E-state index contributed by atoms with van der Waals surface area (Å²) in [5.41, 5.74) is 1.50. The molecular formula is C22H27NO4. The minimum atomic E-state index is -0.550. The number of carbonyl (C=O) groups is 1. The summed E-state index contributed by atoms with van der Waals surface area (Å²) in [5.74, 6) is 0.777. The smallest absolute Gasteiger partial charge is 0.349 e. The summed E-state index contributed by atoms with van der Waals surface area (Å²) in [6, 6.07) is 12.0. The second-order valence-electron chi connectivity index (χ2n) is 7.17. The Morgan fingerprint density at radius 2 is 2.04 bits per heavy atom. The van der Waals surface area contributed by atoms with Crippen molar-refractivity contribution >= 4 is 5.91 Å². The minimum Gasteiger partial charge on any atom is -0.427 e. The van der Waals surface area contributed by atoms with Crippen LogP contribution in [0.4, 0.5) is 0 Å². The van der Waals surface area contributed by atoms with Crippen LogP contribution in [0.2, 0.25) is 0 Å². The molecule has 1 aromatic carbocycles. The van der Waals surface area contributed by atoms with E-state index in [1.807, 2.05) is 24.3 Å². The number of nitrogens with one attached hydrogen (secondary N) is 1. The molecule has 1 atom stereocenters. The highest BCUT2D eigenvalue weighted by Crippen LogP contribution is 2.15. The number of benzene rings is 1. The van der Waals surface area contributed by atoms with Crippen LogP contribution in [0.15, 0.2) is 45.6 Å². The molecule has 0 radical (unpaired) electrons. The van der Waals surface area contributed by atoms with Crippen molar-refractivity contribution in [1.82, 2.24) is 5.32 Å². The summed E-state index contributed by atoms with van der Waals surface area (Å²) in [7, 11) is 0. The Bertz CT molecular complexity index is 807. The molecule has 1 unspecified atom stereocenters. The van der Waals surface area contributed by atoms with Gasteiger partial charge in [0.25, 0.3) is 5.91 Å². The van der Waals surface area contributed by atoms with Gasteiger partial charge in [0.05, 0.1) is 0 Å². The van der Waals surface area contributed by atoms with Crippen LogP contribution in [0.25, 0.3) is 0 Å². The third-order valence-corrected chi connectivity index (χ3v) is 5.02. The number of carbonyl (C=O) groups excluding carboxylic acids is 1. The van der Waals surface area contributed by atoms with Gasteiger partial charge in [0.2, 0.25) is 0 Å². The summed E-state index contributed by atoms with van der Waals surface area (Å²) < 4.78 is 10.7. The van der Waals surface area contributed by atoms with Crippen molar-refractivity contribution in [2.75, 3.05) is 19.8 Å². The van der Waals surface area contributed by atoms with E-state index in [-0.39, 0.29) is 11.5 Å². The zero-order chi connectivity index (χ0) is 19.1. The fraction of sp³-hybridized carbons (Fsp3) is 0.455. The molecule has 3 rings (SSSR count). The highest BCUT2D eigenvalue weighted by atomic mass is 16.5. The van der Waals surface area contributed by atoms with Crippen LogP contribution < -0.4 is 10.9 Å². The van der Waals surface area contributed by atoms with Crippen molar-refractivity contribution in [1.29, 1.82) is 0 Å². The summed E-state index contributed by atoms with van der Waals surface area (Å²) >= 11 is 0. The van der Waals surface area contributed by atoms with E-state index in [0.29, 0.717) is 30.2 Å². The molecule has 2 heterocycles. The highest BCUT2D eigenvalue weighted by molar-refractivity contribution is 5.95. The molecule has 1 amide bonds. The van der Waals surface area contributed by atoms with E-state index >= 15 is 0 Å². The third-order valence-electron chi connectivity index (χ3n) is 5.02. The van der Waals surface area contributed by atoms with Crippen LogP contribution in [-0.4, -0.2) is 25.7 Å². The Labute approximate surface area is 159 Å². The van der Waals surface area contributed by atoms with Gasteiger partial charge in [-0.3, -0.25) is 4.79 Å². The van der Waals surface area contributed by atoms with Gasteiger partial charge < -0.3 is 14.5 Å². The molecule has 1 fully saturated rings. The Balaban J connectivity index is 1.53. The second-order valence-corrected chi connectivity index (χ2v) is 7.17. The molecular weight excluding hydrogens is 342 g/mol. The number of hydrogen-bond acceptors (Lipinski definition) is 4. The van der Waals surface area contributed by atoms with E-state index in [0.717, 1.165) is 38.9 Å². The fourth-order valence-corrected chi connectivity index (χ4v) is 3.47. The molecule has 5 nitrogen and oxygen atoms in total. The van der Waals surface area contributed by atoms with E-state index < -0.39 is 5.63 Å². The fourth-order valence-electron chi connectivity index (χ4n) is 3.47. The van der Waals surface area contributed by atoms with Gasteiger partial charge in [-0.25, -0.2) is 4.79 Å². The van der Waals surface area contributed by atoms with Crippen molar-refractivity contribution in [3.05, 3.63) is 69.3 Å². The molecule has 1 saturated heterocycles. The van der Waals surface area contributed by atoms with Gasteiger partial charge in [0, 0.05) is 26.2 Å². The first kappa shape index (κ1) is 19.4. The average molecular weight is 369 g/mol. The molecule has 5 heteroatoms. The molecule has 1 N–H and O–H groups in total. The number of rotatable bonds is 8. The third kappa shape index (κ3) is 5.54. The molecule has 2 aromatic rings. The largest absolute Gasteiger partial charge is 0.427 e. The summed E-state index contributed by atoms with van der Waals surface area (Å²) in [6.45, 7) is 3.89. The molecule has 0 bridgehead atoms. The van der Waals surface area contributed by atoms with Crippen LogP contribution >= 0.6 is 0 Å². The minimum absolute atomic E-state index is 0.115. The van der Waals surface area contributed by atoms with E-state index in [2.05, 4.69) is 17.4 Å². The zero-order valence-electron chi connectivity index (χ0n) is 15.8. The lowest BCUT2D eigenvalue weighted by molar-refractivity contribution is 0.0945. The van der Waals surface area contributed by atoms with Gasteiger partial charge in [-0.15, -0.1) is 0 Å². The Hall–Kier alpha value is -2.40. The first-order valence-corrected chi connectivity index (χ1v) is 9.67. The van der Waals surface area contributed by atoms with Gasteiger partial charge >= 0.3 is 5.63 Å². The number of aryl methyl sites for hydroxylation is 3. The molecule has 0 saturated carbocycles. The first-order valence-electron chi connectivity index (χ1n) is 9.67. The molecule has 0 aliphatic carbocycles. The maximum absolute atomic E-state index is 12.4. The lowest BCUT2D eigenvalue weighted by Crippen LogP contribution is -2.31. The summed E-state index contributed by atoms with van der Waals surface area (Å²) in [5, 5.41) is 2.84. The van der Waals surface area contributed by atoms with E-state index in [9.17, 15) is 9.59 Å². The van der Waals surface area contributed by atoms with Crippen LogP contribution in [-0.2, 0) is 17.6 Å². The number of amides is 1. The SMILES string of the molecule is Cc1cc(CCCc2ccccc2)oc(=O)c1C(=O)NCCC1CCOC1. The van der Waals surface area contributed by atoms with Crippen LogP contribution in [0.3, 0.4) is 0 Å². The standard InChI is InChI=1S/C22H27NO4/c1-16-14-19(9-5-8-17-6-3-2-4-7-17)27-22(25)20(16)21(24)23-12-10-18-11-13-26-15-18/h2-4,6-7,14,18H,5,8-13,15H2,1H3,(H,23,24). The molecule has 1 aromatic heterocycles. The first-order chi connectivity index (χ1) is 13.1. The Kier molecular flexibility index (Phi) is 6.82. The topological polar surface area (TPSA) is 68.5 Å². The number of hydrogen-bond donors (Lipinski definition) is 1. The normalized spacial score (nSPS) is 16.4. The highest BCUT2D eigenvalue weighted by Gasteiger charge is 2.19. The van der Waals surface area contributed by atoms with Gasteiger partial charge in [-0.2, -0.15) is 0 Å². The van der Waals surface area contributed by atoms with Crippen LogP contribution in [0.5, 0.6) is 0 Å². The van der Waals surface area contributed by atoms with Crippen LogP contribution in [0, 0.1) is 12.8 Å². The Morgan fingerprint density at radius 1 is 1.22 bits per heavy atom. The molecule has 27 heavy (non-hydrogen) atoms. The quantitative estimate of drug-likeness (QED) is 0.775. The summed E-state index contributed by atoms with van der Waals surface area (Å²) in [6.07, 6.45) is 4.40. The Morgan fingerprint density at radius 3 is 2.74 bits per heavy atom. The monoisotopic (exact) mass is 369 g/mol. The van der Waals surface area contributed by atoms with Gasteiger partial charge in [-0.1, -0.05) is 30.3 Å². The van der Waals surface area contributed by atoms with Crippen molar-refractivity contribution in [2.45, 2.75) is 39.0 Å². The molecule has 1 aliphatic rings. The zero-order valence-corrected chi connectivity index (χ0v) is 15.8. The van der Waals surface area contributed by atoms with E-state index in [1.54, 1.807) is 6.92 Å². The maximum atomic E-state index is 12.4. The number of ether oxygens (including phenoxy) is 1. The predicted molar refractivity (Wildman–Crippen MR) is 104 cm³/mol. The second kappa shape index (κ2) is 9.51. The maximum Gasteiger partial charge on any atom is 0.349 e. The molecule has 144 valence electrons. The average Bonchev–Trinajstić information content (AvgIpc) is 3.15. The van der Waals surface area contributed by atoms with E-state index in [4.69, 9.17) is 9.15 Å². The van der Waals surface area contributed by atoms with Crippen molar-refractivity contribution < 1.29 is 13.9 Å².